The van der Waals surface area contributed by atoms with Gasteiger partial charge in [0.2, 0.25) is 5.88 Å². The van der Waals surface area contributed by atoms with Gasteiger partial charge in [0.15, 0.2) is 0 Å². The lowest BCUT2D eigenvalue weighted by Gasteiger charge is -2.38. The molecule has 1 fully saturated rings. The van der Waals surface area contributed by atoms with Gasteiger partial charge in [-0.25, -0.2) is 9.97 Å². The van der Waals surface area contributed by atoms with Gasteiger partial charge in [-0.2, -0.15) is 0 Å². The zero-order chi connectivity index (χ0) is 19.6. The zero-order valence-electron chi connectivity index (χ0n) is 15.8. The standard InChI is InChI=1S/C23H20N4O2/c28-23(19-7-5-17(6-8-19)13-26-12-11-24-16-26)27-14-20(15-27)29-22-10-9-18-3-1-2-4-21(18)25-22/h1-12,16,20H,13-15H2. The van der Waals surface area contributed by atoms with Crippen molar-refractivity contribution in [2.75, 3.05) is 13.1 Å². The summed E-state index contributed by atoms with van der Waals surface area (Å²) in [5.74, 6) is 0.634. The van der Waals surface area contributed by atoms with Gasteiger partial charge in [-0.15, -0.1) is 0 Å². The maximum absolute atomic E-state index is 12.7. The molecule has 4 aromatic rings. The second-order valence-corrected chi connectivity index (χ2v) is 7.22. The first-order valence-electron chi connectivity index (χ1n) is 9.61. The number of imidazole rings is 1. The Morgan fingerprint density at radius 3 is 2.66 bits per heavy atom. The highest BCUT2D eigenvalue weighted by Gasteiger charge is 2.33. The van der Waals surface area contributed by atoms with Crippen molar-refractivity contribution >= 4 is 16.8 Å². The molecule has 144 valence electrons. The van der Waals surface area contributed by atoms with Gasteiger partial charge in [0.05, 0.1) is 24.9 Å². The van der Waals surface area contributed by atoms with Crippen molar-refractivity contribution in [3.8, 4) is 5.88 Å². The van der Waals surface area contributed by atoms with E-state index in [1.807, 2.05) is 71.4 Å². The Kier molecular flexibility index (Phi) is 4.44. The van der Waals surface area contributed by atoms with Gasteiger partial charge in [0.25, 0.3) is 5.91 Å². The quantitative estimate of drug-likeness (QED) is 0.529. The number of hydrogen-bond acceptors (Lipinski definition) is 4. The molecule has 1 amide bonds. The van der Waals surface area contributed by atoms with Gasteiger partial charge >= 0.3 is 0 Å². The van der Waals surface area contributed by atoms with E-state index in [-0.39, 0.29) is 12.0 Å². The highest BCUT2D eigenvalue weighted by molar-refractivity contribution is 5.94. The van der Waals surface area contributed by atoms with Crippen molar-refractivity contribution in [1.82, 2.24) is 19.4 Å². The number of benzene rings is 2. The number of hydrogen-bond donors (Lipinski definition) is 0. The average molecular weight is 384 g/mol. The molecule has 6 heteroatoms. The molecule has 0 spiro atoms. The molecule has 2 aromatic carbocycles. The largest absolute Gasteiger partial charge is 0.471 e. The summed E-state index contributed by atoms with van der Waals surface area (Å²) in [5.41, 5.74) is 2.74. The van der Waals surface area contributed by atoms with Crippen LogP contribution in [0.2, 0.25) is 0 Å². The van der Waals surface area contributed by atoms with Crippen LogP contribution in [0.1, 0.15) is 15.9 Å². The third kappa shape index (κ3) is 3.69. The molecule has 5 rings (SSSR count). The van der Waals surface area contributed by atoms with Crippen molar-refractivity contribution < 1.29 is 9.53 Å². The lowest BCUT2D eigenvalue weighted by Crippen LogP contribution is -2.56. The third-order valence-electron chi connectivity index (χ3n) is 5.12. The van der Waals surface area contributed by atoms with Crippen LogP contribution in [-0.4, -0.2) is 44.5 Å². The Morgan fingerprint density at radius 2 is 1.86 bits per heavy atom. The Morgan fingerprint density at radius 1 is 1.03 bits per heavy atom. The number of aromatic nitrogens is 3. The maximum Gasteiger partial charge on any atom is 0.254 e. The molecule has 1 saturated heterocycles. The highest BCUT2D eigenvalue weighted by Crippen LogP contribution is 2.21. The van der Waals surface area contributed by atoms with Crippen LogP contribution in [0, 0.1) is 0 Å². The van der Waals surface area contributed by atoms with Crippen LogP contribution in [0.4, 0.5) is 0 Å². The summed E-state index contributed by atoms with van der Waals surface area (Å²) in [4.78, 5) is 23.0. The van der Waals surface area contributed by atoms with Gasteiger partial charge in [-0.05, 0) is 29.8 Å². The number of nitrogens with zero attached hydrogens (tertiary/aromatic N) is 4. The van der Waals surface area contributed by atoms with Crippen LogP contribution in [0.5, 0.6) is 5.88 Å². The SMILES string of the molecule is O=C(c1ccc(Cn2ccnc2)cc1)N1CC(Oc2ccc3ccccc3n2)C1. The summed E-state index contributed by atoms with van der Waals surface area (Å²) in [6.45, 7) is 1.89. The van der Waals surface area contributed by atoms with Crippen LogP contribution >= 0.6 is 0 Å². The number of fused-ring (bicyclic) bond motifs is 1. The minimum Gasteiger partial charge on any atom is -0.471 e. The monoisotopic (exact) mass is 384 g/mol. The molecular formula is C23H20N4O2. The van der Waals surface area contributed by atoms with Gasteiger partial charge in [-0.3, -0.25) is 4.79 Å². The van der Waals surface area contributed by atoms with Gasteiger partial charge in [0, 0.05) is 36.0 Å². The minimum atomic E-state index is -0.0203. The number of rotatable bonds is 5. The summed E-state index contributed by atoms with van der Waals surface area (Å²) in [6.07, 6.45) is 5.44. The summed E-state index contributed by atoms with van der Waals surface area (Å²) in [7, 11) is 0. The molecule has 6 nitrogen and oxygen atoms in total. The van der Waals surface area contributed by atoms with Crippen LogP contribution < -0.4 is 4.74 Å². The van der Waals surface area contributed by atoms with Crippen molar-refractivity contribution in [2.45, 2.75) is 12.6 Å². The molecule has 29 heavy (non-hydrogen) atoms. The third-order valence-corrected chi connectivity index (χ3v) is 5.12. The number of carbonyl (C=O) groups is 1. The van der Waals surface area contributed by atoms with E-state index in [1.165, 1.54) is 0 Å². The molecule has 0 saturated carbocycles. The van der Waals surface area contributed by atoms with E-state index in [0.29, 0.717) is 24.5 Å². The lowest BCUT2D eigenvalue weighted by molar-refractivity contribution is 0.0161. The summed E-state index contributed by atoms with van der Waals surface area (Å²) in [6, 6.07) is 19.6. The molecule has 0 bridgehead atoms. The molecule has 0 aliphatic carbocycles. The van der Waals surface area contributed by atoms with Gasteiger partial charge in [-0.1, -0.05) is 30.3 Å². The number of amides is 1. The minimum absolute atomic E-state index is 0.0203. The average Bonchev–Trinajstić information content (AvgIpc) is 3.23. The number of ether oxygens (including phenoxy) is 1. The molecular weight excluding hydrogens is 364 g/mol. The number of likely N-dealkylation sites (tertiary alicyclic amines) is 1. The van der Waals surface area contributed by atoms with Gasteiger partial charge < -0.3 is 14.2 Å². The predicted octanol–water partition coefficient (Wildman–Crippen LogP) is 3.38. The molecule has 3 heterocycles. The summed E-state index contributed by atoms with van der Waals surface area (Å²) in [5, 5.41) is 1.08. The topological polar surface area (TPSA) is 60.2 Å². The Bertz CT molecular complexity index is 1130. The summed E-state index contributed by atoms with van der Waals surface area (Å²) >= 11 is 0. The summed E-state index contributed by atoms with van der Waals surface area (Å²) < 4.78 is 7.93. The van der Waals surface area contributed by atoms with E-state index < -0.39 is 0 Å². The van der Waals surface area contributed by atoms with Crippen molar-refractivity contribution in [1.29, 1.82) is 0 Å². The highest BCUT2D eigenvalue weighted by atomic mass is 16.5. The van der Waals surface area contributed by atoms with Crippen LogP contribution in [0.25, 0.3) is 10.9 Å². The predicted molar refractivity (Wildman–Crippen MR) is 110 cm³/mol. The second kappa shape index (κ2) is 7.39. The molecule has 2 aromatic heterocycles. The van der Waals surface area contributed by atoms with E-state index in [2.05, 4.69) is 9.97 Å². The Hall–Kier alpha value is -3.67. The fraction of sp³-hybridized carbons (Fsp3) is 0.174. The van der Waals surface area contributed by atoms with Crippen molar-refractivity contribution in [3.05, 3.63) is 90.5 Å². The van der Waals surface area contributed by atoms with E-state index in [4.69, 9.17) is 4.74 Å². The molecule has 0 unspecified atom stereocenters. The fourth-order valence-corrected chi connectivity index (χ4v) is 3.49. The normalized spacial score (nSPS) is 14.0. The molecule has 1 aliphatic heterocycles. The van der Waals surface area contributed by atoms with Crippen molar-refractivity contribution in [2.24, 2.45) is 0 Å². The van der Waals surface area contributed by atoms with Crippen LogP contribution in [0.3, 0.4) is 0 Å². The number of carbonyl (C=O) groups excluding carboxylic acids is 1. The molecule has 0 radical (unpaired) electrons. The fourth-order valence-electron chi connectivity index (χ4n) is 3.49. The molecule has 0 atom stereocenters. The first-order valence-corrected chi connectivity index (χ1v) is 9.61. The Balaban J connectivity index is 1.17. The first kappa shape index (κ1) is 17.4. The first-order chi connectivity index (χ1) is 14.2. The number of para-hydroxylation sites is 1. The smallest absolute Gasteiger partial charge is 0.254 e. The zero-order valence-corrected chi connectivity index (χ0v) is 15.8. The van der Waals surface area contributed by atoms with E-state index in [1.54, 1.807) is 17.4 Å². The molecule has 0 N–H and O–H groups in total. The Labute approximate surface area is 168 Å². The van der Waals surface area contributed by atoms with E-state index in [0.717, 1.165) is 23.0 Å². The molecule has 1 aliphatic rings. The number of pyridine rings is 1. The van der Waals surface area contributed by atoms with Crippen LogP contribution in [0.15, 0.2) is 79.4 Å². The van der Waals surface area contributed by atoms with E-state index in [9.17, 15) is 4.79 Å². The maximum atomic E-state index is 12.7. The van der Waals surface area contributed by atoms with Gasteiger partial charge in [0.1, 0.15) is 6.10 Å². The van der Waals surface area contributed by atoms with E-state index >= 15 is 0 Å². The lowest BCUT2D eigenvalue weighted by atomic mass is 10.1. The van der Waals surface area contributed by atoms with Crippen LogP contribution in [-0.2, 0) is 6.54 Å². The second-order valence-electron chi connectivity index (χ2n) is 7.22. The van der Waals surface area contributed by atoms with Crippen molar-refractivity contribution in [3.63, 3.8) is 0 Å².